The number of benzene rings is 3. The van der Waals surface area contributed by atoms with E-state index in [1.165, 1.54) is 10.8 Å². The molecule has 1 aromatic heterocycles. The second-order valence-electron chi connectivity index (χ2n) is 9.51. The number of ether oxygens (including phenoxy) is 2. The molecule has 3 N–H and O–H groups in total. The van der Waals surface area contributed by atoms with Crippen molar-refractivity contribution in [3.8, 4) is 0 Å². The topological polar surface area (TPSA) is 118 Å². The van der Waals surface area contributed by atoms with Crippen molar-refractivity contribution in [1.29, 1.82) is 0 Å². The molecule has 2 heterocycles. The van der Waals surface area contributed by atoms with Crippen LogP contribution in [0.3, 0.4) is 0 Å². The predicted molar refractivity (Wildman–Crippen MR) is 145 cm³/mol. The first-order valence-corrected chi connectivity index (χ1v) is 12.7. The number of nitrogens with zero attached hydrogens (tertiary/aromatic N) is 2. The van der Waals surface area contributed by atoms with E-state index >= 15 is 0 Å². The van der Waals surface area contributed by atoms with Gasteiger partial charge in [0.15, 0.2) is 0 Å². The lowest BCUT2D eigenvalue weighted by molar-refractivity contribution is -0.105. The molecule has 5 rings (SSSR count). The first kappa shape index (κ1) is 26.7. The molecule has 0 saturated carbocycles. The molecule has 0 aliphatic carbocycles. The van der Waals surface area contributed by atoms with Gasteiger partial charge in [0.05, 0.1) is 6.61 Å². The minimum Gasteiger partial charge on any atom is -0.376 e. The molecule has 0 spiro atoms. The molecule has 0 unspecified atom stereocenters. The number of hydrogen-bond acceptors (Lipinski definition) is 7. The maximum Gasteiger partial charge on any atom is 0.335 e. The summed E-state index contributed by atoms with van der Waals surface area (Å²) in [6, 6.07) is 29.8. The van der Waals surface area contributed by atoms with E-state index in [1.54, 1.807) is 6.92 Å². The second-order valence-corrected chi connectivity index (χ2v) is 9.51. The van der Waals surface area contributed by atoms with Crippen LogP contribution in [0.2, 0.25) is 0 Å². The summed E-state index contributed by atoms with van der Waals surface area (Å²) in [6.45, 7) is 0.929. The highest BCUT2D eigenvalue weighted by molar-refractivity contribution is 5.47. The fourth-order valence-corrected chi connectivity index (χ4v) is 5.23. The lowest BCUT2D eigenvalue weighted by Gasteiger charge is -2.37. The van der Waals surface area contributed by atoms with Gasteiger partial charge in [-0.25, -0.2) is 15.3 Å². The smallest absolute Gasteiger partial charge is 0.335 e. The second kappa shape index (κ2) is 11.5. The number of nitrogens with two attached hydrogens (primary N) is 1. The quantitative estimate of drug-likeness (QED) is 0.253. The number of rotatable bonds is 9. The summed E-state index contributed by atoms with van der Waals surface area (Å²) >= 11 is 0. The largest absolute Gasteiger partial charge is 0.376 e. The summed E-state index contributed by atoms with van der Waals surface area (Å²) in [6.07, 6.45) is -0.298. The van der Waals surface area contributed by atoms with Crippen molar-refractivity contribution in [2.45, 2.75) is 44.1 Å². The molecule has 202 valence electrons. The molecule has 1 aliphatic heterocycles. The molecule has 0 radical (unpaired) electrons. The van der Waals surface area contributed by atoms with Gasteiger partial charge in [-0.1, -0.05) is 91.0 Å². The van der Waals surface area contributed by atoms with E-state index in [9.17, 15) is 14.7 Å². The fraction of sp³-hybridized carbons (Fsp3) is 0.267. The standard InChI is InChI=1S/C30H31N3O6/c1-21-18-32(29(36)33(20-34)28(21)35)27-17-25(39-31)26(38-27)19-37-30(22-11-5-2-6-12-22,23-13-7-3-8-14-23)24-15-9-4-10-16-24/h2-16,18,25-27,34H,17,19-20,31H2,1H3/t25-,26+,27+/m0/s1. The van der Waals surface area contributed by atoms with Crippen molar-refractivity contribution < 1.29 is 19.4 Å². The van der Waals surface area contributed by atoms with E-state index in [2.05, 4.69) is 0 Å². The highest BCUT2D eigenvalue weighted by atomic mass is 16.7. The van der Waals surface area contributed by atoms with Gasteiger partial charge >= 0.3 is 5.69 Å². The molecule has 39 heavy (non-hydrogen) atoms. The number of aromatic nitrogens is 2. The van der Waals surface area contributed by atoms with Crippen molar-refractivity contribution in [3.63, 3.8) is 0 Å². The first-order chi connectivity index (χ1) is 19.0. The Balaban J connectivity index is 1.52. The van der Waals surface area contributed by atoms with Gasteiger partial charge in [0.1, 0.15) is 30.8 Å². The summed E-state index contributed by atoms with van der Waals surface area (Å²) < 4.78 is 15.2. The van der Waals surface area contributed by atoms with Crippen LogP contribution in [0.25, 0.3) is 0 Å². The van der Waals surface area contributed by atoms with Crippen LogP contribution in [-0.2, 0) is 26.6 Å². The zero-order valence-electron chi connectivity index (χ0n) is 21.6. The number of hydrogen-bond donors (Lipinski definition) is 2. The van der Waals surface area contributed by atoms with Gasteiger partial charge in [0.25, 0.3) is 5.56 Å². The van der Waals surface area contributed by atoms with Gasteiger partial charge in [0, 0.05) is 18.2 Å². The number of aliphatic hydroxyl groups excluding tert-OH is 1. The average Bonchev–Trinajstić information content (AvgIpc) is 3.40. The summed E-state index contributed by atoms with van der Waals surface area (Å²) in [4.78, 5) is 30.5. The van der Waals surface area contributed by atoms with Crippen molar-refractivity contribution in [2.24, 2.45) is 5.90 Å². The Bertz CT molecular complexity index is 1410. The Kier molecular flexibility index (Phi) is 7.87. The molecular formula is C30H31N3O6. The number of aryl methyl sites for hydroxylation is 1. The van der Waals surface area contributed by atoms with Gasteiger partial charge in [-0.2, -0.15) is 0 Å². The van der Waals surface area contributed by atoms with E-state index in [4.69, 9.17) is 20.2 Å². The third kappa shape index (κ3) is 4.98. The molecule has 1 fully saturated rings. The Morgan fingerprint density at radius 2 is 1.44 bits per heavy atom. The van der Waals surface area contributed by atoms with E-state index < -0.39 is 42.0 Å². The normalized spacial score (nSPS) is 19.3. The molecular weight excluding hydrogens is 498 g/mol. The maximum absolute atomic E-state index is 12.9. The van der Waals surface area contributed by atoms with Gasteiger partial charge in [0.2, 0.25) is 0 Å². The molecule has 9 nitrogen and oxygen atoms in total. The van der Waals surface area contributed by atoms with Crippen molar-refractivity contribution in [2.75, 3.05) is 6.61 Å². The van der Waals surface area contributed by atoms with E-state index in [1.807, 2.05) is 91.0 Å². The van der Waals surface area contributed by atoms with Crippen LogP contribution >= 0.6 is 0 Å². The Labute approximate surface area is 225 Å². The lowest BCUT2D eigenvalue weighted by Crippen LogP contribution is -2.42. The fourth-order valence-electron chi connectivity index (χ4n) is 5.23. The molecule has 1 aliphatic rings. The van der Waals surface area contributed by atoms with Crippen LogP contribution in [0.4, 0.5) is 0 Å². The number of aliphatic hydroxyl groups is 1. The van der Waals surface area contributed by atoms with Gasteiger partial charge in [-0.15, -0.1) is 0 Å². The minimum atomic E-state index is -0.970. The van der Waals surface area contributed by atoms with Crippen LogP contribution in [0.1, 0.15) is 34.9 Å². The highest BCUT2D eigenvalue weighted by Gasteiger charge is 2.43. The van der Waals surface area contributed by atoms with E-state index in [-0.39, 0.29) is 13.0 Å². The van der Waals surface area contributed by atoms with Gasteiger partial charge < -0.3 is 14.6 Å². The monoisotopic (exact) mass is 529 g/mol. The Morgan fingerprint density at radius 3 is 1.90 bits per heavy atom. The molecule has 0 amide bonds. The van der Waals surface area contributed by atoms with Crippen molar-refractivity contribution >= 4 is 0 Å². The average molecular weight is 530 g/mol. The maximum atomic E-state index is 12.9. The van der Waals surface area contributed by atoms with Crippen molar-refractivity contribution in [1.82, 2.24) is 9.13 Å². The molecule has 0 bridgehead atoms. The minimum absolute atomic E-state index is 0.0877. The Hall–Kier alpha value is -3.86. The van der Waals surface area contributed by atoms with Crippen LogP contribution in [0.15, 0.2) is 107 Å². The zero-order valence-corrected chi connectivity index (χ0v) is 21.6. The summed E-state index contributed by atoms with van der Waals surface area (Å²) in [7, 11) is 0. The van der Waals surface area contributed by atoms with Crippen molar-refractivity contribution in [3.05, 3.63) is 140 Å². The summed E-state index contributed by atoms with van der Waals surface area (Å²) in [5.41, 5.74) is 0.900. The predicted octanol–water partition coefficient (Wildman–Crippen LogP) is 2.82. The summed E-state index contributed by atoms with van der Waals surface area (Å²) in [5, 5.41) is 9.58. The molecule has 9 heteroatoms. The van der Waals surface area contributed by atoms with E-state index in [0.29, 0.717) is 5.56 Å². The molecule has 3 aromatic carbocycles. The highest BCUT2D eigenvalue weighted by Crippen LogP contribution is 2.41. The molecule has 4 aromatic rings. The van der Waals surface area contributed by atoms with Gasteiger partial charge in [-0.3, -0.25) is 14.2 Å². The van der Waals surface area contributed by atoms with E-state index in [0.717, 1.165) is 21.3 Å². The van der Waals surface area contributed by atoms with Crippen LogP contribution in [0.5, 0.6) is 0 Å². The van der Waals surface area contributed by atoms with Crippen LogP contribution in [0, 0.1) is 6.92 Å². The lowest BCUT2D eigenvalue weighted by atomic mass is 9.80. The third-order valence-electron chi connectivity index (χ3n) is 7.18. The van der Waals surface area contributed by atoms with Crippen LogP contribution in [-0.4, -0.2) is 33.1 Å². The van der Waals surface area contributed by atoms with Crippen LogP contribution < -0.4 is 17.1 Å². The van der Waals surface area contributed by atoms with Gasteiger partial charge in [-0.05, 0) is 23.6 Å². The Morgan fingerprint density at radius 1 is 0.923 bits per heavy atom. The SMILES string of the molecule is Cc1cn([C@H]2C[C@H](ON)[C@@H](COC(c3ccccc3)(c3ccccc3)c3ccccc3)O2)c(=O)n(CO)c1=O. The molecule has 3 atom stereocenters. The summed E-state index contributed by atoms with van der Waals surface area (Å²) in [5.74, 6) is 5.67. The molecule has 1 saturated heterocycles. The first-order valence-electron chi connectivity index (χ1n) is 12.7. The third-order valence-corrected chi connectivity index (χ3v) is 7.18. The zero-order chi connectivity index (χ0) is 27.4.